The summed E-state index contributed by atoms with van der Waals surface area (Å²) in [5.74, 6) is -0.0439. The van der Waals surface area contributed by atoms with E-state index in [2.05, 4.69) is 4.98 Å². The van der Waals surface area contributed by atoms with Gasteiger partial charge in [-0.2, -0.15) is 0 Å². The van der Waals surface area contributed by atoms with Gasteiger partial charge in [-0.1, -0.05) is 0 Å². The van der Waals surface area contributed by atoms with Crippen LogP contribution in [0.5, 0.6) is 0 Å². The number of carbonyl (C=O) groups is 1. The van der Waals surface area contributed by atoms with Crippen LogP contribution >= 0.6 is 11.3 Å². The van der Waals surface area contributed by atoms with Crippen molar-refractivity contribution in [2.45, 2.75) is 26.9 Å². The van der Waals surface area contributed by atoms with E-state index in [0.29, 0.717) is 11.5 Å². The monoisotopic (exact) mass is 347 g/mol. The number of nitrogens with zero attached hydrogens (tertiary/aromatic N) is 3. The van der Waals surface area contributed by atoms with E-state index in [1.807, 2.05) is 64.0 Å². The molecule has 0 saturated carbocycles. The highest BCUT2D eigenvalue weighted by Crippen LogP contribution is 2.28. The Morgan fingerprint density at radius 2 is 1.79 bits per heavy atom. The second-order valence-corrected chi connectivity index (χ2v) is 6.87. The Labute approximate surface area is 147 Å². The van der Waals surface area contributed by atoms with Crippen LogP contribution in [0.3, 0.4) is 0 Å². The Kier molecular flexibility index (Phi) is 5.96. The van der Waals surface area contributed by atoms with E-state index in [1.54, 1.807) is 11.9 Å². The van der Waals surface area contributed by atoms with Gasteiger partial charge in [0, 0.05) is 39.1 Å². The average molecular weight is 347 g/mol. The van der Waals surface area contributed by atoms with Gasteiger partial charge in [0.15, 0.2) is 0 Å². The molecule has 1 amide bonds. The van der Waals surface area contributed by atoms with Crippen LogP contribution in [0.4, 0.5) is 11.4 Å². The van der Waals surface area contributed by atoms with E-state index < -0.39 is 0 Å². The van der Waals surface area contributed by atoms with Gasteiger partial charge in [0.05, 0.1) is 5.69 Å². The fraction of sp³-hybridized carbons (Fsp3) is 0.444. The minimum Gasteiger partial charge on any atom is -0.378 e. The molecule has 6 heteroatoms. The quantitative estimate of drug-likeness (QED) is 0.795. The number of aryl methyl sites for hydroxylation is 1. The standard InChI is InChI=1S/C18H25N3O2S/c1-7-23-13(3)17-19-12(2)16(24-17)18(22)21(6)15-10-8-14(9-11-15)20(4)5/h8-11,13H,7H2,1-6H3/t13-/m0/s1. The van der Waals surface area contributed by atoms with Crippen molar-refractivity contribution in [2.75, 3.05) is 37.5 Å². The topological polar surface area (TPSA) is 45.7 Å². The van der Waals surface area contributed by atoms with Gasteiger partial charge in [0.1, 0.15) is 16.0 Å². The van der Waals surface area contributed by atoms with Crippen LogP contribution in [0.15, 0.2) is 24.3 Å². The molecule has 5 nitrogen and oxygen atoms in total. The second-order valence-electron chi connectivity index (χ2n) is 5.84. The lowest BCUT2D eigenvalue weighted by molar-refractivity contribution is 0.0761. The number of aromatic nitrogens is 1. The first kappa shape index (κ1) is 18.4. The third-order valence-corrected chi connectivity index (χ3v) is 5.14. The molecule has 1 atom stereocenters. The van der Waals surface area contributed by atoms with E-state index in [-0.39, 0.29) is 12.0 Å². The van der Waals surface area contributed by atoms with Crippen molar-refractivity contribution >= 4 is 28.6 Å². The number of hydrogen-bond donors (Lipinski definition) is 0. The van der Waals surface area contributed by atoms with Gasteiger partial charge in [-0.15, -0.1) is 11.3 Å². The Hall–Kier alpha value is -1.92. The Morgan fingerprint density at radius 1 is 1.21 bits per heavy atom. The van der Waals surface area contributed by atoms with E-state index >= 15 is 0 Å². The molecule has 0 fully saturated rings. The Bertz CT molecular complexity index is 695. The molecule has 0 saturated heterocycles. The summed E-state index contributed by atoms with van der Waals surface area (Å²) in [5, 5.41) is 0.842. The van der Waals surface area contributed by atoms with Crippen LogP contribution < -0.4 is 9.80 Å². The zero-order valence-electron chi connectivity index (χ0n) is 15.2. The maximum absolute atomic E-state index is 12.8. The highest BCUT2D eigenvalue weighted by Gasteiger charge is 2.22. The minimum absolute atomic E-state index is 0.0439. The van der Waals surface area contributed by atoms with Crippen molar-refractivity contribution in [1.82, 2.24) is 4.98 Å². The average Bonchev–Trinajstić information content (AvgIpc) is 2.95. The smallest absolute Gasteiger partial charge is 0.270 e. The maximum atomic E-state index is 12.8. The molecule has 0 unspecified atom stereocenters. The van der Waals surface area contributed by atoms with Crippen molar-refractivity contribution < 1.29 is 9.53 Å². The van der Waals surface area contributed by atoms with Crippen molar-refractivity contribution in [3.05, 3.63) is 39.8 Å². The number of carbonyl (C=O) groups excluding carboxylic acids is 1. The molecule has 0 spiro atoms. The SMILES string of the molecule is CCO[C@@H](C)c1nc(C)c(C(=O)N(C)c2ccc(N(C)C)cc2)s1. The molecule has 1 aromatic carbocycles. The molecule has 0 aliphatic rings. The first-order valence-corrected chi connectivity index (χ1v) is 8.81. The largest absolute Gasteiger partial charge is 0.378 e. The Morgan fingerprint density at radius 3 is 2.33 bits per heavy atom. The Balaban J connectivity index is 2.21. The lowest BCUT2D eigenvalue weighted by Crippen LogP contribution is -2.26. The predicted molar refractivity (Wildman–Crippen MR) is 100 cm³/mol. The van der Waals surface area contributed by atoms with Gasteiger partial charge in [-0.3, -0.25) is 4.79 Å². The molecule has 2 aromatic rings. The number of rotatable bonds is 6. The molecule has 24 heavy (non-hydrogen) atoms. The van der Waals surface area contributed by atoms with Gasteiger partial charge in [-0.25, -0.2) is 4.98 Å². The van der Waals surface area contributed by atoms with Crippen LogP contribution in [0.25, 0.3) is 0 Å². The number of amides is 1. The normalized spacial score (nSPS) is 12.1. The molecular weight excluding hydrogens is 322 g/mol. The number of ether oxygens (including phenoxy) is 1. The van der Waals surface area contributed by atoms with Crippen LogP contribution in [0.2, 0.25) is 0 Å². The van der Waals surface area contributed by atoms with Gasteiger partial charge in [-0.05, 0) is 45.0 Å². The number of benzene rings is 1. The first-order chi connectivity index (χ1) is 11.3. The van der Waals surface area contributed by atoms with Gasteiger partial charge < -0.3 is 14.5 Å². The molecule has 130 valence electrons. The highest BCUT2D eigenvalue weighted by molar-refractivity contribution is 7.14. The highest BCUT2D eigenvalue weighted by atomic mass is 32.1. The number of thiazole rings is 1. The fourth-order valence-corrected chi connectivity index (χ4v) is 3.40. The van der Waals surface area contributed by atoms with Crippen LogP contribution in [-0.2, 0) is 4.74 Å². The van der Waals surface area contributed by atoms with Gasteiger partial charge >= 0.3 is 0 Å². The summed E-state index contributed by atoms with van der Waals surface area (Å²) in [5.41, 5.74) is 2.71. The summed E-state index contributed by atoms with van der Waals surface area (Å²) < 4.78 is 5.58. The molecule has 0 radical (unpaired) electrons. The summed E-state index contributed by atoms with van der Waals surface area (Å²) in [4.78, 5) is 21.7. The lowest BCUT2D eigenvalue weighted by atomic mass is 10.2. The third-order valence-electron chi connectivity index (χ3n) is 3.83. The molecule has 2 rings (SSSR count). The van der Waals surface area contributed by atoms with Crippen molar-refractivity contribution in [2.24, 2.45) is 0 Å². The van der Waals surface area contributed by atoms with Crippen LogP contribution in [-0.4, -0.2) is 38.6 Å². The van der Waals surface area contributed by atoms with E-state index in [0.717, 1.165) is 22.1 Å². The van der Waals surface area contributed by atoms with Crippen LogP contribution in [0.1, 0.15) is 40.3 Å². The van der Waals surface area contributed by atoms with E-state index in [9.17, 15) is 4.79 Å². The zero-order valence-corrected chi connectivity index (χ0v) is 16.0. The molecule has 1 aromatic heterocycles. The third kappa shape index (κ3) is 3.94. The molecule has 0 aliphatic carbocycles. The number of anilines is 2. The molecule has 0 aliphatic heterocycles. The van der Waals surface area contributed by atoms with E-state index in [1.165, 1.54) is 11.3 Å². The minimum atomic E-state index is -0.0927. The van der Waals surface area contributed by atoms with E-state index in [4.69, 9.17) is 4.74 Å². The predicted octanol–water partition coefficient (Wildman–Crippen LogP) is 3.89. The zero-order chi connectivity index (χ0) is 17.9. The van der Waals surface area contributed by atoms with Gasteiger partial charge in [0.25, 0.3) is 5.91 Å². The van der Waals surface area contributed by atoms with Crippen molar-refractivity contribution in [3.63, 3.8) is 0 Å². The van der Waals surface area contributed by atoms with Crippen LogP contribution in [0, 0.1) is 6.92 Å². The number of hydrogen-bond acceptors (Lipinski definition) is 5. The molecular formula is C18H25N3O2S. The summed E-state index contributed by atoms with van der Waals surface area (Å²) in [7, 11) is 5.77. The lowest BCUT2D eigenvalue weighted by Gasteiger charge is -2.18. The summed E-state index contributed by atoms with van der Waals surface area (Å²) in [6.07, 6.45) is -0.0927. The maximum Gasteiger partial charge on any atom is 0.270 e. The van der Waals surface area contributed by atoms with Crippen molar-refractivity contribution in [3.8, 4) is 0 Å². The van der Waals surface area contributed by atoms with Crippen molar-refractivity contribution in [1.29, 1.82) is 0 Å². The first-order valence-electron chi connectivity index (χ1n) is 7.99. The fourth-order valence-electron chi connectivity index (χ4n) is 2.35. The molecule has 0 bridgehead atoms. The second kappa shape index (κ2) is 7.77. The summed E-state index contributed by atoms with van der Waals surface area (Å²) in [6, 6.07) is 7.91. The summed E-state index contributed by atoms with van der Waals surface area (Å²) in [6.45, 7) is 6.41. The molecule has 0 N–H and O–H groups in total. The summed E-state index contributed by atoms with van der Waals surface area (Å²) >= 11 is 1.41. The van der Waals surface area contributed by atoms with Gasteiger partial charge in [0.2, 0.25) is 0 Å². The molecule has 1 heterocycles.